The summed E-state index contributed by atoms with van der Waals surface area (Å²) in [4.78, 5) is 23.6. The number of nitrogens with one attached hydrogen (secondary N) is 1. The number of methoxy groups -OCH3 is 1. The molecule has 1 atom stereocenters. The largest absolute Gasteiger partial charge is 0.508 e. The van der Waals surface area contributed by atoms with Crippen molar-refractivity contribution in [1.82, 2.24) is 10.2 Å². The van der Waals surface area contributed by atoms with Gasteiger partial charge in [-0.05, 0) is 35.4 Å². The molecule has 2 aromatic carbocycles. The van der Waals surface area contributed by atoms with Crippen molar-refractivity contribution in [2.75, 3.05) is 26.7 Å². The van der Waals surface area contributed by atoms with Crippen molar-refractivity contribution in [3.8, 4) is 11.5 Å². The molecule has 1 saturated heterocycles. The van der Waals surface area contributed by atoms with E-state index in [1.807, 2.05) is 35.2 Å². The van der Waals surface area contributed by atoms with Crippen LogP contribution in [0.3, 0.4) is 0 Å². The van der Waals surface area contributed by atoms with Gasteiger partial charge in [0, 0.05) is 19.6 Å². The van der Waals surface area contributed by atoms with Crippen LogP contribution in [0.2, 0.25) is 0 Å². The van der Waals surface area contributed by atoms with Gasteiger partial charge in [0.05, 0.1) is 19.6 Å². The summed E-state index contributed by atoms with van der Waals surface area (Å²) in [5.41, 5.74) is 1.88. The average molecular weight is 440 g/mol. The number of rotatable bonds is 4. The number of carboxylic acid groups (broad SMARTS) is 1. The van der Waals surface area contributed by atoms with E-state index < -0.39 is 12.1 Å². The third kappa shape index (κ3) is 7.18. The highest BCUT2D eigenvalue weighted by molar-refractivity contribution is 5.79. The number of amides is 1. The number of alkyl halides is 3. The molecule has 168 valence electrons. The van der Waals surface area contributed by atoms with Crippen molar-refractivity contribution in [3.05, 3.63) is 59.7 Å². The number of phenolic OH excluding ortho intramolecular Hbond substituents is 1. The van der Waals surface area contributed by atoms with Gasteiger partial charge in [0.25, 0.3) is 0 Å². The van der Waals surface area contributed by atoms with E-state index in [4.69, 9.17) is 14.6 Å². The Morgan fingerprint density at radius 1 is 1.19 bits per heavy atom. The van der Waals surface area contributed by atoms with Gasteiger partial charge in [-0.1, -0.05) is 24.3 Å². The molecule has 1 amide bonds. The first-order valence-corrected chi connectivity index (χ1v) is 9.34. The fourth-order valence-corrected chi connectivity index (χ4v) is 3.09. The second kappa shape index (κ2) is 10.7. The number of phenols is 1. The Balaban J connectivity index is 0.000000423. The molecule has 7 nitrogen and oxygen atoms in total. The van der Waals surface area contributed by atoms with Gasteiger partial charge in [-0.2, -0.15) is 13.2 Å². The molecule has 31 heavy (non-hydrogen) atoms. The minimum Gasteiger partial charge on any atom is -0.508 e. The van der Waals surface area contributed by atoms with Crippen molar-refractivity contribution in [1.29, 1.82) is 0 Å². The Labute approximate surface area is 177 Å². The zero-order valence-corrected chi connectivity index (χ0v) is 16.7. The first kappa shape index (κ1) is 24.0. The second-order valence-corrected chi connectivity index (χ2v) is 6.73. The second-order valence-electron chi connectivity index (χ2n) is 6.73. The quantitative estimate of drug-likeness (QED) is 0.676. The van der Waals surface area contributed by atoms with Crippen LogP contribution >= 0.6 is 0 Å². The molecule has 0 saturated carbocycles. The zero-order chi connectivity index (χ0) is 23.0. The number of benzene rings is 2. The van der Waals surface area contributed by atoms with Crippen LogP contribution in [-0.4, -0.2) is 59.9 Å². The van der Waals surface area contributed by atoms with Crippen LogP contribution in [0.25, 0.3) is 0 Å². The first-order valence-electron chi connectivity index (χ1n) is 9.34. The number of hydrogen-bond acceptors (Lipinski definition) is 5. The van der Waals surface area contributed by atoms with E-state index in [0.29, 0.717) is 6.54 Å². The summed E-state index contributed by atoms with van der Waals surface area (Å²) in [6, 6.07) is 14.7. The number of carbonyl (C=O) groups excluding carboxylic acids is 1. The maximum Gasteiger partial charge on any atom is 0.490 e. The summed E-state index contributed by atoms with van der Waals surface area (Å²) < 4.78 is 37.0. The number of halogens is 3. The van der Waals surface area contributed by atoms with Crippen LogP contribution in [-0.2, 0) is 16.0 Å². The molecule has 1 heterocycles. The Hall–Kier alpha value is -3.27. The van der Waals surface area contributed by atoms with Crippen LogP contribution in [0.15, 0.2) is 48.5 Å². The van der Waals surface area contributed by atoms with Crippen LogP contribution < -0.4 is 10.1 Å². The van der Waals surface area contributed by atoms with E-state index in [1.54, 1.807) is 25.3 Å². The molecule has 3 N–H and O–H groups in total. The van der Waals surface area contributed by atoms with E-state index >= 15 is 0 Å². The normalized spacial score (nSPS) is 16.1. The molecule has 10 heteroatoms. The number of hydrogen-bond donors (Lipinski definition) is 3. The third-order valence-corrected chi connectivity index (χ3v) is 4.55. The summed E-state index contributed by atoms with van der Waals surface area (Å²) >= 11 is 0. The summed E-state index contributed by atoms with van der Waals surface area (Å²) in [6.07, 6.45) is -4.80. The summed E-state index contributed by atoms with van der Waals surface area (Å²) in [5, 5.41) is 20.1. The molecule has 0 radical (unpaired) electrons. The maximum atomic E-state index is 12.8. The van der Waals surface area contributed by atoms with E-state index in [9.17, 15) is 23.1 Å². The number of ether oxygens (including phenoxy) is 1. The average Bonchev–Trinajstić information content (AvgIpc) is 2.73. The van der Waals surface area contributed by atoms with Crippen LogP contribution in [0.4, 0.5) is 13.2 Å². The monoisotopic (exact) mass is 440 g/mol. The lowest BCUT2D eigenvalue weighted by Gasteiger charge is -2.36. The van der Waals surface area contributed by atoms with Gasteiger partial charge in [-0.3, -0.25) is 4.79 Å². The van der Waals surface area contributed by atoms with E-state index in [2.05, 4.69) is 5.32 Å². The van der Waals surface area contributed by atoms with Crippen molar-refractivity contribution < 1.29 is 37.7 Å². The highest BCUT2D eigenvalue weighted by atomic mass is 19.4. The lowest BCUT2D eigenvalue weighted by Crippen LogP contribution is -2.49. The maximum absolute atomic E-state index is 12.8. The van der Waals surface area contributed by atoms with Crippen molar-refractivity contribution in [2.24, 2.45) is 0 Å². The van der Waals surface area contributed by atoms with E-state index in [0.717, 1.165) is 30.0 Å². The molecule has 3 rings (SSSR count). The molecule has 1 unspecified atom stereocenters. The van der Waals surface area contributed by atoms with Gasteiger partial charge in [-0.15, -0.1) is 0 Å². The van der Waals surface area contributed by atoms with Gasteiger partial charge >= 0.3 is 12.1 Å². The minimum absolute atomic E-state index is 0.0151. The molecule has 1 aliphatic rings. The SMILES string of the molecule is COc1cccc(C2CNCCN2C(=O)Cc2cccc(O)c2)c1.O=C(O)C(F)(F)F. The number of carboxylic acids is 1. The molecule has 0 bridgehead atoms. The Bertz CT molecular complexity index is 905. The lowest BCUT2D eigenvalue weighted by atomic mass is 10.0. The molecule has 1 fully saturated rings. The fourth-order valence-electron chi connectivity index (χ4n) is 3.09. The first-order chi connectivity index (χ1) is 14.6. The lowest BCUT2D eigenvalue weighted by molar-refractivity contribution is -0.192. The standard InChI is InChI=1S/C19H22N2O3.C2HF3O2/c1-24-17-7-3-5-15(12-17)18-13-20-8-9-21(18)19(23)11-14-4-2-6-16(22)10-14;3-2(4,5)1(6)7/h2-7,10,12,18,20,22H,8-9,11,13H2,1H3;(H,6,7). The van der Waals surface area contributed by atoms with Crippen LogP contribution in [0.1, 0.15) is 17.2 Å². The van der Waals surface area contributed by atoms with Crippen LogP contribution in [0.5, 0.6) is 11.5 Å². The third-order valence-electron chi connectivity index (χ3n) is 4.55. The molecule has 1 aliphatic heterocycles. The summed E-state index contributed by atoms with van der Waals surface area (Å²) in [6.45, 7) is 2.17. The van der Waals surface area contributed by atoms with E-state index in [-0.39, 0.29) is 24.1 Å². The van der Waals surface area contributed by atoms with Gasteiger partial charge in [0.1, 0.15) is 11.5 Å². The minimum atomic E-state index is -5.08. The highest BCUT2D eigenvalue weighted by Crippen LogP contribution is 2.26. The molecular formula is C21H23F3N2O5. The van der Waals surface area contributed by atoms with Crippen molar-refractivity contribution in [2.45, 2.75) is 18.6 Å². The van der Waals surface area contributed by atoms with Crippen LogP contribution in [0, 0.1) is 0 Å². The van der Waals surface area contributed by atoms with Gasteiger partial charge < -0.3 is 25.2 Å². The predicted octanol–water partition coefficient (Wildman–Crippen LogP) is 2.75. The zero-order valence-electron chi connectivity index (χ0n) is 16.7. The molecular weight excluding hydrogens is 417 g/mol. The van der Waals surface area contributed by atoms with Crippen molar-refractivity contribution >= 4 is 11.9 Å². The summed E-state index contributed by atoms with van der Waals surface area (Å²) in [5.74, 6) is -1.72. The Morgan fingerprint density at radius 3 is 2.48 bits per heavy atom. The number of aromatic hydroxyl groups is 1. The smallest absolute Gasteiger partial charge is 0.490 e. The number of nitrogens with zero attached hydrogens (tertiary/aromatic N) is 1. The molecule has 0 spiro atoms. The van der Waals surface area contributed by atoms with Gasteiger partial charge in [0.2, 0.25) is 5.91 Å². The Morgan fingerprint density at radius 2 is 1.87 bits per heavy atom. The van der Waals surface area contributed by atoms with Gasteiger partial charge in [0.15, 0.2) is 0 Å². The van der Waals surface area contributed by atoms with Gasteiger partial charge in [-0.25, -0.2) is 4.79 Å². The van der Waals surface area contributed by atoms with Crippen molar-refractivity contribution in [3.63, 3.8) is 0 Å². The molecule has 0 aromatic heterocycles. The predicted molar refractivity (Wildman–Crippen MR) is 106 cm³/mol. The molecule has 0 aliphatic carbocycles. The topological polar surface area (TPSA) is 99.1 Å². The number of piperazine rings is 1. The Kier molecular flexibility index (Phi) is 8.26. The number of aliphatic carboxylic acids is 1. The number of carbonyl (C=O) groups is 2. The highest BCUT2D eigenvalue weighted by Gasteiger charge is 2.38. The van der Waals surface area contributed by atoms with E-state index in [1.165, 1.54) is 0 Å². The molecule has 2 aromatic rings. The summed E-state index contributed by atoms with van der Waals surface area (Å²) in [7, 11) is 1.64. The fraction of sp³-hybridized carbons (Fsp3) is 0.333.